The molecule has 6 heteroatoms. The predicted molar refractivity (Wildman–Crippen MR) is 71.0 cm³/mol. The molecule has 0 amide bonds. The van der Waals surface area contributed by atoms with E-state index in [0.717, 1.165) is 12.1 Å². The molecule has 2 rings (SSSR count). The predicted octanol–water partition coefficient (Wildman–Crippen LogP) is 4.25. The van der Waals surface area contributed by atoms with Gasteiger partial charge in [0.15, 0.2) is 17.5 Å². The number of halogens is 5. The molecule has 0 heterocycles. The van der Waals surface area contributed by atoms with Crippen LogP contribution in [0, 0.1) is 23.3 Å². The van der Waals surface area contributed by atoms with Crippen molar-refractivity contribution in [1.82, 2.24) is 0 Å². The Bertz CT molecular complexity index is 622. The topological polar surface area (TPSA) is 26.0 Å². The summed E-state index contributed by atoms with van der Waals surface area (Å²) in [6.07, 6.45) is 0.156. The van der Waals surface area contributed by atoms with Gasteiger partial charge in [-0.25, -0.2) is 17.6 Å². The lowest BCUT2D eigenvalue weighted by Crippen LogP contribution is -2.15. The van der Waals surface area contributed by atoms with Gasteiger partial charge in [0.05, 0.1) is 0 Å². The van der Waals surface area contributed by atoms with Crippen molar-refractivity contribution < 1.29 is 17.6 Å². The number of hydrogen-bond donors (Lipinski definition) is 1. The van der Waals surface area contributed by atoms with E-state index >= 15 is 0 Å². The van der Waals surface area contributed by atoms with Crippen LogP contribution in [-0.2, 0) is 6.42 Å². The molecule has 0 saturated carbocycles. The summed E-state index contributed by atoms with van der Waals surface area (Å²) in [6, 6.07) is 4.98. The Labute approximate surface area is 121 Å². The van der Waals surface area contributed by atoms with Crippen molar-refractivity contribution in [3.63, 3.8) is 0 Å². The van der Waals surface area contributed by atoms with Gasteiger partial charge in [-0.1, -0.05) is 15.9 Å². The van der Waals surface area contributed by atoms with Crippen LogP contribution in [0.15, 0.2) is 34.8 Å². The van der Waals surface area contributed by atoms with Gasteiger partial charge in [0, 0.05) is 10.5 Å². The van der Waals surface area contributed by atoms with Crippen LogP contribution in [0.5, 0.6) is 0 Å². The number of rotatable bonds is 3. The molecule has 1 nitrogen and oxygen atoms in total. The van der Waals surface area contributed by atoms with Crippen molar-refractivity contribution in [1.29, 1.82) is 0 Å². The lowest BCUT2D eigenvalue weighted by molar-refractivity contribution is 0.443. The molecule has 1 atom stereocenters. The normalized spacial score (nSPS) is 12.5. The van der Waals surface area contributed by atoms with E-state index in [1.807, 2.05) is 0 Å². The highest BCUT2D eigenvalue weighted by molar-refractivity contribution is 9.10. The van der Waals surface area contributed by atoms with Crippen molar-refractivity contribution >= 4 is 15.9 Å². The van der Waals surface area contributed by atoms with Gasteiger partial charge in [0.25, 0.3) is 0 Å². The second-order valence-corrected chi connectivity index (χ2v) is 5.20. The van der Waals surface area contributed by atoms with Crippen LogP contribution in [0.2, 0.25) is 0 Å². The standard InChI is InChI=1S/C14H10BrF4N/c15-10-2-1-9(16)3-7(10)6-13(20)8-4-11(17)14(19)12(18)5-8/h1-5,13H,6,20H2. The quantitative estimate of drug-likeness (QED) is 0.651. The van der Waals surface area contributed by atoms with Gasteiger partial charge < -0.3 is 5.73 Å². The fourth-order valence-electron chi connectivity index (χ4n) is 1.84. The van der Waals surface area contributed by atoms with Gasteiger partial charge in [0.1, 0.15) is 5.82 Å². The monoisotopic (exact) mass is 347 g/mol. The van der Waals surface area contributed by atoms with Crippen molar-refractivity contribution in [2.45, 2.75) is 12.5 Å². The van der Waals surface area contributed by atoms with Gasteiger partial charge >= 0.3 is 0 Å². The van der Waals surface area contributed by atoms with Crippen LogP contribution in [0.3, 0.4) is 0 Å². The first-order chi connectivity index (χ1) is 9.38. The Kier molecular flexibility index (Phi) is 4.45. The molecule has 1 unspecified atom stereocenters. The van der Waals surface area contributed by atoms with Crippen LogP contribution < -0.4 is 5.73 Å². The molecule has 0 aliphatic rings. The molecule has 0 bridgehead atoms. The van der Waals surface area contributed by atoms with Gasteiger partial charge in [-0.3, -0.25) is 0 Å². The molecule has 0 aliphatic carbocycles. The SMILES string of the molecule is NC(Cc1cc(F)ccc1Br)c1cc(F)c(F)c(F)c1. The molecule has 0 radical (unpaired) electrons. The fraction of sp³-hybridized carbons (Fsp3) is 0.143. The Hall–Kier alpha value is -1.40. The van der Waals surface area contributed by atoms with E-state index in [9.17, 15) is 17.6 Å². The van der Waals surface area contributed by atoms with Gasteiger partial charge in [-0.2, -0.15) is 0 Å². The summed E-state index contributed by atoms with van der Waals surface area (Å²) in [5, 5.41) is 0. The maximum atomic E-state index is 13.1. The molecule has 20 heavy (non-hydrogen) atoms. The molecule has 2 aromatic rings. The Balaban J connectivity index is 2.28. The smallest absolute Gasteiger partial charge is 0.194 e. The first-order valence-corrected chi connectivity index (χ1v) is 6.51. The fourth-order valence-corrected chi connectivity index (χ4v) is 2.25. The van der Waals surface area contributed by atoms with Crippen LogP contribution in [0.25, 0.3) is 0 Å². The third kappa shape index (κ3) is 3.19. The van der Waals surface area contributed by atoms with E-state index in [2.05, 4.69) is 15.9 Å². The molecule has 106 valence electrons. The average molecular weight is 348 g/mol. The molecule has 0 saturated heterocycles. The number of benzene rings is 2. The first kappa shape index (κ1) is 15.0. The van der Waals surface area contributed by atoms with E-state index in [0.29, 0.717) is 10.0 Å². The number of nitrogens with two attached hydrogens (primary N) is 1. The van der Waals surface area contributed by atoms with Crippen molar-refractivity contribution in [3.8, 4) is 0 Å². The summed E-state index contributed by atoms with van der Waals surface area (Å²) < 4.78 is 52.9. The van der Waals surface area contributed by atoms with Crippen LogP contribution in [0.4, 0.5) is 17.6 Å². The Morgan fingerprint density at radius 3 is 2.20 bits per heavy atom. The van der Waals surface area contributed by atoms with E-state index < -0.39 is 29.3 Å². The maximum absolute atomic E-state index is 13.1. The molecule has 0 spiro atoms. The van der Waals surface area contributed by atoms with Crippen LogP contribution in [0.1, 0.15) is 17.2 Å². The summed E-state index contributed by atoms with van der Waals surface area (Å²) in [4.78, 5) is 0. The molecule has 0 aromatic heterocycles. The Morgan fingerprint density at radius 1 is 1.00 bits per heavy atom. The summed E-state index contributed by atoms with van der Waals surface area (Å²) in [7, 11) is 0. The first-order valence-electron chi connectivity index (χ1n) is 5.72. The summed E-state index contributed by atoms with van der Waals surface area (Å²) in [6.45, 7) is 0. The zero-order valence-corrected chi connectivity index (χ0v) is 11.7. The van der Waals surface area contributed by atoms with E-state index in [1.165, 1.54) is 18.2 Å². The maximum Gasteiger partial charge on any atom is 0.194 e. The summed E-state index contributed by atoms with van der Waals surface area (Å²) in [5.74, 6) is -4.57. The highest BCUT2D eigenvalue weighted by atomic mass is 79.9. The average Bonchev–Trinajstić information content (AvgIpc) is 2.39. The Morgan fingerprint density at radius 2 is 1.60 bits per heavy atom. The lowest BCUT2D eigenvalue weighted by atomic mass is 9.99. The van der Waals surface area contributed by atoms with Gasteiger partial charge in [0.2, 0.25) is 0 Å². The highest BCUT2D eigenvalue weighted by Crippen LogP contribution is 2.25. The molecule has 0 aliphatic heterocycles. The number of hydrogen-bond acceptors (Lipinski definition) is 1. The molecular weight excluding hydrogens is 338 g/mol. The summed E-state index contributed by atoms with van der Waals surface area (Å²) in [5.41, 5.74) is 6.50. The third-order valence-corrected chi connectivity index (χ3v) is 3.66. The lowest BCUT2D eigenvalue weighted by Gasteiger charge is -2.14. The second-order valence-electron chi connectivity index (χ2n) is 4.34. The molecule has 0 fully saturated rings. The van der Waals surface area contributed by atoms with E-state index in [1.54, 1.807) is 0 Å². The minimum atomic E-state index is -1.53. The zero-order valence-electron chi connectivity index (χ0n) is 10.1. The third-order valence-electron chi connectivity index (χ3n) is 2.88. The molecule has 2 aromatic carbocycles. The molecular formula is C14H10BrF4N. The van der Waals surface area contributed by atoms with Crippen LogP contribution >= 0.6 is 15.9 Å². The van der Waals surface area contributed by atoms with Crippen molar-refractivity contribution in [3.05, 3.63) is 69.2 Å². The highest BCUT2D eigenvalue weighted by Gasteiger charge is 2.16. The largest absolute Gasteiger partial charge is 0.324 e. The zero-order chi connectivity index (χ0) is 14.9. The van der Waals surface area contributed by atoms with E-state index in [-0.39, 0.29) is 12.0 Å². The second kappa shape index (κ2) is 5.93. The molecule has 2 N–H and O–H groups in total. The summed E-state index contributed by atoms with van der Waals surface area (Å²) >= 11 is 3.24. The van der Waals surface area contributed by atoms with Crippen molar-refractivity contribution in [2.75, 3.05) is 0 Å². The minimum Gasteiger partial charge on any atom is -0.324 e. The van der Waals surface area contributed by atoms with Gasteiger partial charge in [-0.05, 0) is 47.9 Å². The van der Waals surface area contributed by atoms with Gasteiger partial charge in [-0.15, -0.1) is 0 Å². The minimum absolute atomic E-state index is 0.109. The van der Waals surface area contributed by atoms with Crippen LogP contribution in [-0.4, -0.2) is 0 Å². The van der Waals surface area contributed by atoms with E-state index in [4.69, 9.17) is 5.73 Å². The van der Waals surface area contributed by atoms with Crippen molar-refractivity contribution in [2.24, 2.45) is 5.73 Å².